The Kier molecular flexibility index (Phi) is 8.71. The first-order valence-electron chi connectivity index (χ1n) is 13.4. The van der Waals surface area contributed by atoms with Gasteiger partial charge in [0.1, 0.15) is 17.3 Å². The van der Waals surface area contributed by atoms with E-state index in [4.69, 9.17) is 15.5 Å². The normalized spacial score (nSPS) is 22.0. The molecule has 0 unspecified atom stereocenters. The van der Waals surface area contributed by atoms with Crippen LogP contribution in [0, 0.1) is 0 Å². The highest BCUT2D eigenvalue weighted by Gasteiger charge is 2.28. The maximum atomic E-state index is 6.24. The van der Waals surface area contributed by atoms with Gasteiger partial charge in [-0.3, -0.25) is 4.90 Å². The Morgan fingerprint density at radius 2 is 1.89 bits per heavy atom. The maximum Gasteiger partial charge on any atom is 0.149 e. The van der Waals surface area contributed by atoms with Crippen molar-refractivity contribution >= 4 is 22.8 Å². The summed E-state index contributed by atoms with van der Waals surface area (Å²) in [6, 6.07) is 7.06. The van der Waals surface area contributed by atoms with E-state index in [0.29, 0.717) is 17.6 Å². The van der Waals surface area contributed by atoms with E-state index in [9.17, 15) is 0 Å². The molecule has 0 aromatic heterocycles. The largest absolute Gasteiger partial charge is 0.495 e. The van der Waals surface area contributed by atoms with E-state index in [2.05, 4.69) is 63.8 Å². The van der Waals surface area contributed by atoms with Crippen molar-refractivity contribution in [1.29, 1.82) is 0 Å². The number of nitrogens with zero attached hydrogens (tertiary/aromatic N) is 5. The third kappa shape index (κ3) is 5.91. The lowest BCUT2D eigenvalue weighted by molar-refractivity contribution is 0.0981. The summed E-state index contributed by atoms with van der Waals surface area (Å²) in [7, 11) is 5.85. The highest BCUT2D eigenvalue weighted by molar-refractivity contribution is 6.51. The van der Waals surface area contributed by atoms with Crippen LogP contribution in [-0.4, -0.2) is 87.9 Å². The summed E-state index contributed by atoms with van der Waals surface area (Å²) < 4.78 is 5.88. The smallest absolute Gasteiger partial charge is 0.149 e. The molecule has 3 heterocycles. The Balaban J connectivity index is 1.51. The molecule has 3 aliphatic rings. The van der Waals surface area contributed by atoms with Gasteiger partial charge in [0, 0.05) is 75.4 Å². The van der Waals surface area contributed by atoms with Crippen molar-refractivity contribution in [1.82, 2.24) is 15.1 Å². The van der Waals surface area contributed by atoms with Gasteiger partial charge >= 0.3 is 0 Å². The first kappa shape index (κ1) is 26.9. The van der Waals surface area contributed by atoms with Gasteiger partial charge in [-0.05, 0) is 50.9 Å². The second kappa shape index (κ2) is 12.0. The molecule has 0 amide bonds. The summed E-state index contributed by atoms with van der Waals surface area (Å²) in [6.45, 7) is 15.2. The van der Waals surface area contributed by atoms with Crippen LogP contribution >= 0.6 is 0 Å². The number of methoxy groups -OCH3 is 1. The Morgan fingerprint density at radius 3 is 2.51 bits per heavy atom. The van der Waals surface area contributed by atoms with Crippen LogP contribution < -0.4 is 20.7 Å². The zero-order valence-corrected chi connectivity index (χ0v) is 23.2. The SMILES string of the molecule is C=C1C(c2ccc(N3CCC(N4CCN(C)CC4)CC3)c(OC)c2)=CN=C(N)/C1=N/C(CC)=C(\C)NC. The lowest BCUT2D eigenvalue weighted by Crippen LogP contribution is -2.52. The van der Waals surface area contributed by atoms with Crippen molar-refractivity contribution < 1.29 is 4.74 Å². The number of hydrogen-bond donors (Lipinski definition) is 2. The van der Waals surface area contributed by atoms with Crippen molar-refractivity contribution in [3.05, 3.63) is 53.5 Å². The molecule has 3 N–H and O–H groups in total. The molecular formula is C29H43N7O. The van der Waals surface area contributed by atoms with Gasteiger partial charge in [-0.2, -0.15) is 0 Å². The molecule has 37 heavy (non-hydrogen) atoms. The molecule has 4 rings (SSSR count). The highest BCUT2D eigenvalue weighted by Crippen LogP contribution is 2.36. The number of amidine groups is 1. The van der Waals surface area contributed by atoms with Crippen molar-refractivity contribution in [2.75, 3.05) is 65.4 Å². The summed E-state index contributed by atoms with van der Waals surface area (Å²) in [4.78, 5) is 16.9. The Bertz CT molecular complexity index is 1120. The molecule has 0 radical (unpaired) electrons. The highest BCUT2D eigenvalue weighted by atomic mass is 16.5. The number of piperazine rings is 1. The van der Waals surface area contributed by atoms with E-state index < -0.39 is 0 Å². The molecule has 2 saturated heterocycles. The monoisotopic (exact) mass is 505 g/mol. The van der Waals surface area contributed by atoms with Crippen LogP contribution in [0.15, 0.2) is 57.9 Å². The Hall–Kier alpha value is -3.10. The van der Waals surface area contributed by atoms with Crippen LogP contribution in [-0.2, 0) is 0 Å². The number of benzene rings is 1. The number of rotatable bonds is 7. The minimum absolute atomic E-state index is 0.385. The third-order valence-electron chi connectivity index (χ3n) is 7.93. The van der Waals surface area contributed by atoms with Crippen molar-refractivity contribution in [2.45, 2.75) is 39.2 Å². The molecule has 0 atom stereocenters. The van der Waals surface area contributed by atoms with Crippen LogP contribution in [0.4, 0.5) is 5.69 Å². The van der Waals surface area contributed by atoms with Crippen LogP contribution in [0.2, 0.25) is 0 Å². The quantitative estimate of drug-likeness (QED) is 0.591. The molecule has 2 fully saturated rings. The Labute approximate surface area is 222 Å². The Morgan fingerprint density at radius 1 is 1.19 bits per heavy atom. The fraction of sp³-hybridized carbons (Fsp3) is 0.517. The molecular weight excluding hydrogens is 462 g/mol. The zero-order chi connectivity index (χ0) is 26.5. The molecule has 200 valence electrons. The molecule has 8 nitrogen and oxygen atoms in total. The summed E-state index contributed by atoms with van der Waals surface area (Å²) in [5.41, 5.74) is 12.6. The summed E-state index contributed by atoms with van der Waals surface area (Å²) in [6.07, 6.45) is 4.93. The predicted octanol–water partition coefficient (Wildman–Crippen LogP) is 3.48. The van der Waals surface area contributed by atoms with Gasteiger partial charge in [0.2, 0.25) is 0 Å². The average Bonchev–Trinajstić information content (AvgIpc) is 2.93. The van der Waals surface area contributed by atoms with Gasteiger partial charge in [-0.1, -0.05) is 19.6 Å². The number of nitrogens with two attached hydrogens (primary N) is 1. The van der Waals surface area contributed by atoms with Gasteiger partial charge in [0.25, 0.3) is 0 Å². The zero-order valence-electron chi connectivity index (χ0n) is 23.2. The standard InChI is InChI=1S/C29H43N7O/c1-7-25(21(3)31-4)33-28-20(2)24(19-32-29(28)30)22-8-9-26(27(18-22)37-6)36-12-10-23(11-13-36)35-16-14-34(5)15-17-35/h8-9,18-19,23,31H,2,7,10-17H2,1,3-6H3,(H2,30,32)/b25-21+,33-28+. The average molecular weight is 506 g/mol. The molecule has 0 spiro atoms. The third-order valence-corrected chi connectivity index (χ3v) is 7.93. The van der Waals surface area contributed by atoms with E-state index in [0.717, 1.165) is 59.1 Å². The van der Waals surface area contributed by atoms with Gasteiger partial charge in [-0.15, -0.1) is 0 Å². The van der Waals surface area contributed by atoms with E-state index in [-0.39, 0.29) is 0 Å². The van der Waals surface area contributed by atoms with Crippen LogP contribution in [0.5, 0.6) is 5.75 Å². The number of likely N-dealkylation sites (N-methyl/N-ethyl adjacent to an activating group) is 1. The first-order valence-corrected chi connectivity index (χ1v) is 13.4. The van der Waals surface area contributed by atoms with E-state index in [1.807, 2.05) is 14.0 Å². The molecule has 8 heteroatoms. The topological polar surface area (TPSA) is 81.7 Å². The van der Waals surface area contributed by atoms with Gasteiger partial charge in [-0.25, -0.2) is 9.98 Å². The lowest BCUT2D eigenvalue weighted by Gasteiger charge is -2.42. The molecule has 0 aliphatic carbocycles. The van der Waals surface area contributed by atoms with E-state index >= 15 is 0 Å². The minimum Gasteiger partial charge on any atom is -0.495 e. The number of anilines is 1. The van der Waals surface area contributed by atoms with Crippen molar-refractivity contribution in [3.8, 4) is 5.75 Å². The fourth-order valence-electron chi connectivity index (χ4n) is 5.40. The van der Waals surface area contributed by atoms with Gasteiger partial charge in [0.05, 0.1) is 18.5 Å². The number of piperidine rings is 1. The minimum atomic E-state index is 0.385. The number of hydrogen-bond acceptors (Lipinski definition) is 8. The predicted molar refractivity (Wildman–Crippen MR) is 156 cm³/mol. The van der Waals surface area contributed by atoms with E-state index in [1.54, 1.807) is 13.3 Å². The van der Waals surface area contributed by atoms with E-state index in [1.165, 1.54) is 39.0 Å². The molecule has 1 aromatic carbocycles. The lowest BCUT2D eigenvalue weighted by atomic mass is 9.93. The molecule has 0 saturated carbocycles. The summed E-state index contributed by atoms with van der Waals surface area (Å²) >= 11 is 0. The van der Waals surface area contributed by atoms with Gasteiger partial charge in [0.15, 0.2) is 0 Å². The molecule has 1 aromatic rings. The second-order valence-electron chi connectivity index (χ2n) is 10.1. The van der Waals surface area contributed by atoms with Crippen LogP contribution in [0.1, 0.15) is 38.7 Å². The van der Waals surface area contributed by atoms with Crippen molar-refractivity contribution in [2.24, 2.45) is 15.7 Å². The maximum absolute atomic E-state index is 6.24. The fourth-order valence-corrected chi connectivity index (χ4v) is 5.40. The number of aliphatic imine (C=N–C) groups is 2. The number of allylic oxidation sites excluding steroid dienone is 3. The molecule has 3 aliphatic heterocycles. The summed E-state index contributed by atoms with van der Waals surface area (Å²) in [5.74, 6) is 1.25. The second-order valence-corrected chi connectivity index (χ2v) is 10.1. The van der Waals surface area contributed by atoms with Crippen LogP contribution in [0.25, 0.3) is 5.57 Å². The number of ether oxygens (including phenoxy) is 1. The van der Waals surface area contributed by atoms with Gasteiger partial charge < -0.3 is 25.6 Å². The van der Waals surface area contributed by atoms with Crippen LogP contribution in [0.3, 0.4) is 0 Å². The first-order chi connectivity index (χ1) is 17.9. The van der Waals surface area contributed by atoms with Crippen molar-refractivity contribution in [3.63, 3.8) is 0 Å². The molecule has 0 bridgehead atoms. The number of nitrogens with one attached hydrogen (secondary N) is 1. The summed E-state index contributed by atoms with van der Waals surface area (Å²) in [5, 5.41) is 3.18.